The molecule has 3 aromatic rings. The van der Waals surface area contributed by atoms with Gasteiger partial charge in [-0.05, 0) is 58.7 Å². The fraction of sp³-hybridized carbons (Fsp3) is 0.167. The summed E-state index contributed by atoms with van der Waals surface area (Å²) in [5.41, 5.74) is 2.53. The molecule has 0 heterocycles. The van der Waals surface area contributed by atoms with Crippen molar-refractivity contribution < 1.29 is 22.8 Å². The van der Waals surface area contributed by atoms with Gasteiger partial charge in [0, 0.05) is 4.47 Å². The first-order valence-electron chi connectivity index (χ1n) is 9.98. The summed E-state index contributed by atoms with van der Waals surface area (Å²) in [6, 6.07) is 20.7. The number of methoxy groups -OCH3 is 1. The van der Waals surface area contributed by atoms with Crippen LogP contribution in [-0.2, 0) is 26.2 Å². The quantitative estimate of drug-likeness (QED) is 0.222. The normalized spacial score (nSPS) is 11.4. The highest BCUT2D eigenvalue weighted by Crippen LogP contribution is 2.31. The Bertz CT molecular complexity index is 1230. The molecule has 0 bridgehead atoms. The maximum atomic E-state index is 13.5. The van der Waals surface area contributed by atoms with Crippen molar-refractivity contribution in [1.82, 2.24) is 0 Å². The van der Waals surface area contributed by atoms with E-state index in [9.17, 15) is 13.2 Å². The minimum absolute atomic E-state index is 0.0822. The number of benzene rings is 3. The van der Waals surface area contributed by atoms with Gasteiger partial charge in [-0.1, -0.05) is 53.2 Å². The third-order valence-electron chi connectivity index (χ3n) is 4.72. The van der Waals surface area contributed by atoms with E-state index in [-0.39, 0.29) is 18.0 Å². The second-order valence-corrected chi connectivity index (χ2v) is 9.77. The lowest BCUT2D eigenvalue weighted by Gasteiger charge is -2.24. The van der Waals surface area contributed by atoms with Crippen LogP contribution < -0.4 is 4.31 Å². The number of anilines is 1. The van der Waals surface area contributed by atoms with Gasteiger partial charge >= 0.3 is 5.97 Å². The van der Waals surface area contributed by atoms with Crippen LogP contribution in [0, 0.1) is 6.92 Å². The molecule has 3 rings (SSSR count). The van der Waals surface area contributed by atoms with Crippen LogP contribution in [0.2, 0.25) is 0 Å². The number of rotatable bonds is 9. The van der Waals surface area contributed by atoms with Gasteiger partial charge in [-0.3, -0.25) is 4.31 Å². The third-order valence-corrected chi connectivity index (χ3v) is 7.15. The van der Waals surface area contributed by atoms with Crippen LogP contribution in [0.15, 0.2) is 87.3 Å². The Morgan fingerprint density at radius 2 is 1.76 bits per heavy atom. The first-order chi connectivity index (χ1) is 15.8. The van der Waals surface area contributed by atoms with Crippen molar-refractivity contribution in [2.24, 2.45) is 5.16 Å². The number of esters is 1. The minimum atomic E-state index is -3.93. The van der Waals surface area contributed by atoms with E-state index < -0.39 is 16.0 Å². The smallest absolute Gasteiger partial charge is 0.337 e. The highest BCUT2D eigenvalue weighted by atomic mass is 79.9. The van der Waals surface area contributed by atoms with E-state index in [1.54, 1.807) is 30.3 Å². The molecule has 0 aliphatic heterocycles. The number of halogens is 1. The van der Waals surface area contributed by atoms with Gasteiger partial charge in [-0.25, -0.2) is 13.2 Å². The van der Waals surface area contributed by atoms with E-state index >= 15 is 0 Å². The summed E-state index contributed by atoms with van der Waals surface area (Å²) in [4.78, 5) is 17.3. The summed E-state index contributed by atoms with van der Waals surface area (Å²) in [6.45, 7) is 2.06. The lowest BCUT2D eigenvalue weighted by atomic mass is 10.2. The van der Waals surface area contributed by atoms with E-state index in [1.807, 2.05) is 37.3 Å². The van der Waals surface area contributed by atoms with E-state index in [4.69, 9.17) is 9.57 Å². The summed E-state index contributed by atoms with van der Waals surface area (Å²) in [5, 5.41) is 3.92. The van der Waals surface area contributed by atoms with Crippen LogP contribution in [0.4, 0.5) is 5.69 Å². The van der Waals surface area contributed by atoms with Crippen LogP contribution in [0.1, 0.15) is 21.5 Å². The molecule has 0 atom stereocenters. The molecule has 3 aromatic carbocycles. The predicted octanol–water partition coefficient (Wildman–Crippen LogP) is 4.94. The van der Waals surface area contributed by atoms with E-state index in [1.165, 1.54) is 29.8 Å². The van der Waals surface area contributed by atoms with Gasteiger partial charge in [0.15, 0.2) is 0 Å². The summed E-state index contributed by atoms with van der Waals surface area (Å²) in [5.74, 6) is -0.522. The number of carbonyl (C=O) groups excluding carboxylic acids is 1. The molecule has 0 aromatic heterocycles. The van der Waals surface area contributed by atoms with Crippen LogP contribution in [-0.4, -0.2) is 34.3 Å². The number of sulfonamides is 1. The molecular formula is C24H23BrN2O5S. The Morgan fingerprint density at radius 1 is 1.06 bits per heavy atom. The van der Waals surface area contributed by atoms with Crippen LogP contribution in [0.5, 0.6) is 0 Å². The molecule has 0 aliphatic carbocycles. The average molecular weight is 531 g/mol. The molecule has 0 unspecified atom stereocenters. The van der Waals surface area contributed by atoms with Crippen molar-refractivity contribution in [2.45, 2.75) is 18.4 Å². The zero-order valence-corrected chi connectivity index (χ0v) is 20.5. The van der Waals surface area contributed by atoms with Gasteiger partial charge in [0.1, 0.15) is 6.61 Å². The molecule has 7 nitrogen and oxygen atoms in total. The van der Waals surface area contributed by atoms with E-state index in [0.29, 0.717) is 15.7 Å². The topological polar surface area (TPSA) is 85.3 Å². The molecule has 0 saturated heterocycles. The largest absolute Gasteiger partial charge is 0.465 e. The maximum absolute atomic E-state index is 13.5. The maximum Gasteiger partial charge on any atom is 0.337 e. The first-order valence-corrected chi connectivity index (χ1v) is 12.2. The Hall–Kier alpha value is -3.17. The van der Waals surface area contributed by atoms with Crippen LogP contribution in [0.25, 0.3) is 0 Å². The zero-order chi connectivity index (χ0) is 23.8. The predicted molar refractivity (Wildman–Crippen MR) is 131 cm³/mol. The second-order valence-electron chi connectivity index (χ2n) is 7.05. The fourth-order valence-electron chi connectivity index (χ4n) is 2.96. The van der Waals surface area contributed by atoms with Crippen molar-refractivity contribution in [2.75, 3.05) is 18.0 Å². The molecule has 33 heavy (non-hydrogen) atoms. The zero-order valence-electron chi connectivity index (χ0n) is 18.1. The SMILES string of the molecule is COC(=O)c1ccc(N(C/C=N\OCc2ccccc2)S(=O)(=O)c2ccc(C)cc2)c(Br)c1. The third kappa shape index (κ3) is 6.21. The lowest BCUT2D eigenvalue weighted by Crippen LogP contribution is -2.33. The molecule has 0 aliphatic rings. The van der Waals surface area contributed by atoms with Crippen molar-refractivity contribution in [3.05, 3.63) is 94.0 Å². The fourth-order valence-corrected chi connectivity index (χ4v) is 5.09. The Morgan fingerprint density at radius 3 is 2.39 bits per heavy atom. The van der Waals surface area contributed by atoms with Crippen molar-refractivity contribution in [3.63, 3.8) is 0 Å². The number of oxime groups is 1. The minimum Gasteiger partial charge on any atom is -0.465 e. The van der Waals surface area contributed by atoms with Gasteiger partial charge < -0.3 is 9.57 Å². The molecule has 0 spiro atoms. The van der Waals surface area contributed by atoms with Gasteiger partial charge in [0.25, 0.3) is 10.0 Å². The molecule has 0 saturated carbocycles. The molecule has 172 valence electrons. The monoisotopic (exact) mass is 530 g/mol. The second kappa shape index (κ2) is 11.1. The summed E-state index contributed by atoms with van der Waals surface area (Å²) < 4.78 is 33.3. The summed E-state index contributed by atoms with van der Waals surface area (Å²) in [7, 11) is -2.65. The Kier molecular flexibility index (Phi) is 8.24. The lowest BCUT2D eigenvalue weighted by molar-refractivity contribution is 0.0600. The average Bonchev–Trinajstić information content (AvgIpc) is 2.82. The van der Waals surface area contributed by atoms with Gasteiger partial charge in [0.05, 0.1) is 36.0 Å². The molecule has 0 N–H and O–H groups in total. The van der Waals surface area contributed by atoms with Crippen LogP contribution >= 0.6 is 15.9 Å². The summed E-state index contributed by atoms with van der Waals surface area (Å²) >= 11 is 3.39. The van der Waals surface area contributed by atoms with E-state index in [0.717, 1.165) is 11.1 Å². The standard InChI is InChI=1S/C24H23BrN2O5S/c1-18-8-11-21(12-9-18)33(29,30)27(15-14-26-32-17-19-6-4-3-5-7-19)23-13-10-20(16-22(23)25)24(28)31-2/h3-14,16H,15,17H2,1-2H3/b26-14-. The van der Waals surface area contributed by atoms with Crippen molar-refractivity contribution >= 4 is 43.8 Å². The Labute approximate surface area is 201 Å². The molecule has 0 fully saturated rings. The first kappa shape index (κ1) is 24.5. The highest BCUT2D eigenvalue weighted by Gasteiger charge is 2.26. The number of carbonyl (C=O) groups is 1. The Balaban J connectivity index is 1.88. The number of ether oxygens (including phenoxy) is 1. The molecule has 9 heteroatoms. The molecule has 0 radical (unpaired) electrons. The summed E-state index contributed by atoms with van der Waals surface area (Å²) in [6.07, 6.45) is 1.38. The highest BCUT2D eigenvalue weighted by molar-refractivity contribution is 9.10. The van der Waals surface area contributed by atoms with Crippen molar-refractivity contribution in [3.8, 4) is 0 Å². The molecular weight excluding hydrogens is 508 g/mol. The number of hydrogen-bond donors (Lipinski definition) is 0. The van der Waals surface area contributed by atoms with Gasteiger partial charge in [-0.2, -0.15) is 0 Å². The van der Waals surface area contributed by atoms with Crippen molar-refractivity contribution in [1.29, 1.82) is 0 Å². The molecule has 0 amide bonds. The number of hydrogen-bond acceptors (Lipinski definition) is 6. The van der Waals surface area contributed by atoms with E-state index in [2.05, 4.69) is 21.1 Å². The number of aryl methyl sites for hydroxylation is 1. The van der Waals surface area contributed by atoms with Gasteiger partial charge in [-0.15, -0.1) is 0 Å². The van der Waals surface area contributed by atoms with Crippen LogP contribution in [0.3, 0.4) is 0 Å². The van der Waals surface area contributed by atoms with Gasteiger partial charge in [0.2, 0.25) is 0 Å². The number of nitrogens with zero attached hydrogens (tertiary/aromatic N) is 2.